The van der Waals surface area contributed by atoms with Crippen LogP contribution in [0.2, 0.25) is 0 Å². The molecule has 3 aromatic rings. The topological polar surface area (TPSA) is 57.2 Å². The lowest BCUT2D eigenvalue weighted by atomic mass is 10.0. The van der Waals surface area contributed by atoms with Crippen molar-refractivity contribution in [2.24, 2.45) is 0 Å². The number of halogens is 3. The molecular weight excluding hydrogens is 541 g/mol. The molecule has 3 nitrogen and oxygen atoms in total. The summed E-state index contributed by atoms with van der Waals surface area (Å²) < 4.78 is 58.9. The predicted molar refractivity (Wildman–Crippen MR) is 153 cm³/mol. The smallest absolute Gasteiger partial charge is 0.485 e. The highest BCUT2D eigenvalue weighted by Crippen LogP contribution is 2.31. The van der Waals surface area contributed by atoms with Gasteiger partial charge >= 0.3 is 5.51 Å². The van der Waals surface area contributed by atoms with Gasteiger partial charge in [0.25, 0.3) is 0 Å². The van der Waals surface area contributed by atoms with Crippen molar-refractivity contribution in [2.75, 3.05) is 0 Å². The first kappa shape index (κ1) is 32.9. The Labute approximate surface area is 235 Å². The summed E-state index contributed by atoms with van der Waals surface area (Å²) in [6, 6.07) is 31.3. The Bertz CT molecular complexity index is 1110. The van der Waals surface area contributed by atoms with Crippen molar-refractivity contribution in [1.82, 2.24) is 0 Å². The van der Waals surface area contributed by atoms with Gasteiger partial charge in [-0.15, -0.1) is 0 Å². The van der Waals surface area contributed by atoms with E-state index in [-0.39, 0.29) is 10.9 Å². The Morgan fingerprint density at radius 3 is 1.36 bits per heavy atom. The van der Waals surface area contributed by atoms with E-state index in [0.29, 0.717) is 0 Å². The fourth-order valence-corrected chi connectivity index (χ4v) is 6.21. The molecule has 0 amide bonds. The number of alkyl halides is 3. The molecule has 0 unspecified atom stereocenters. The monoisotopic (exact) mass is 580 g/mol. The maximum absolute atomic E-state index is 10.7. The summed E-state index contributed by atoms with van der Waals surface area (Å²) in [5, 5.41) is 0. The molecule has 0 saturated heterocycles. The molecule has 0 N–H and O–H groups in total. The van der Waals surface area contributed by atoms with E-state index in [1.54, 1.807) is 0 Å². The molecule has 0 heterocycles. The van der Waals surface area contributed by atoms with Crippen molar-refractivity contribution in [3.05, 3.63) is 90.5 Å². The van der Waals surface area contributed by atoms with E-state index in [4.69, 9.17) is 13.0 Å². The second-order valence-corrected chi connectivity index (χ2v) is 12.8. The molecule has 0 saturated carbocycles. The number of rotatable bonds is 14. The summed E-state index contributed by atoms with van der Waals surface area (Å²) in [7, 11) is -6.13. The minimum absolute atomic E-state index is 0.0375. The van der Waals surface area contributed by atoms with Gasteiger partial charge in [0.05, 0.1) is 10.9 Å². The minimum atomic E-state index is -6.09. The third-order valence-corrected chi connectivity index (χ3v) is 9.02. The van der Waals surface area contributed by atoms with Gasteiger partial charge in [0.2, 0.25) is 0 Å². The number of unbranched alkanes of at least 4 members (excludes halogenated alkanes) is 9. The molecule has 0 aromatic heterocycles. The molecule has 3 aromatic carbocycles. The lowest BCUT2D eigenvalue weighted by Crippen LogP contribution is -2.21. The molecule has 0 bridgehead atoms. The van der Waals surface area contributed by atoms with Crippen molar-refractivity contribution < 1.29 is 26.1 Å². The van der Waals surface area contributed by atoms with Gasteiger partial charge in [0.15, 0.2) is 24.8 Å². The Kier molecular flexibility index (Phi) is 14.7. The van der Waals surface area contributed by atoms with Gasteiger partial charge in [-0.25, -0.2) is 8.42 Å². The number of aryl methyl sites for hydroxylation is 1. The Morgan fingerprint density at radius 1 is 0.615 bits per heavy atom. The van der Waals surface area contributed by atoms with Crippen molar-refractivity contribution in [2.45, 2.75) is 97.7 Å². The molecular formula is C31H39F3O3S2. The molecule has 0 aliphatic carbocycles. The van der Waals surface area contributed by atoms with Crippen LogP contribution in [0.25, 0.3) is 0 Å². The predicted octanol–water partition coefficient (Wildman–Crippen LogP) is 9.30. The molecule has 0 aliphatic rings. The van der Waals surface area contributed by atoms with Crippen LogP contribution < -0.4 is 0 Å². The Hall–Kier alpha value is -2.29. The summed E-state index contributed by atoms with van der Waals surface area (Å²) in [5.41, 5.74) is -4.17. The van der Waals surface area contributed by atoms with Crippen molar-refractivity contribution in [3.8, 4) is 0 Å². The van der Waals surface area contributed by atoms with Crippen LogP contribution in [0.5, 0.6) is 0 Å². The van der Waals surface area contributed by atoms with Crippen LogP contribution in [0.15, 0.2) is 99.6 Å². The average molecular weight is 581 g/mol. The summed E-state index contributed by atoms with van der Waals surface area (Å²) in [6.07, 6.45) is 15.2. The Balaban J connectivity index is 0.000000580. The first-order valence-corrected chi connectivity index (χ1v) is 16.2. The zero-order valence-electron chi connectivity index (χ0n) is 22.5. The van der Waals surface area contributed by atoms with Gasteiger partial charge < -0.3 is 4.55 Å². The molecule has 0 aliphatic heterocycles. The maximum atomic E-state index is 10.7. The number of hydrogen-bond donors (Lipinski definition) is 0. The second kappa shape index (κ2) is 17.4. The summed E-state index contributed by atoms with van der Waals surface area (Å²) in [6.45, 7) is 2.29. The van der Waals surface area contributed by atoms with E-state index in [0.717, 1.165) is 0 Å². The largest absolute Gasteiger partial charge is 0.741 e. The van der Waals surface area contributed by atoms with Gasteiger partial charge in [0.1, 0.15) is 0 Å². The molecule has 0 radical (unpaired) electrons. The lowest BCUT2D eigenvalue weighted by molar-refractivity contribution is -0.0517. The van der Waals surface area contributed by atoms with Crippen LogP contribution in [-0.4, -0.2) is 18.5 Å². The van der Waals surface area contributed by atoms with E-state index >= 15 is 0 Å². The third kappa shape index (κ3) is 12.6. The van der Waals surface area contributed by atoms with Crippen LogP contribution in [0.4, 0.5) is 13.2 Å². The van der Waals surface area contributed by atoms with Crippen LogP contribution in [0.1, 0.15) is 76.7 Å². The zero-order valence-corrected chi connectivity index (χ0v) is 24.2. The van der Waals surface area contributed by atoms with Gasteiger partial charge in [-0.1, -0.05) is 113 Å². The van der Waals surface area contributed by atoms with Gasteiger partial charge in [0, 0.05) is 0 Å². The summed E-state index contributed by atoms with van der Waals surface area (Å²) in [5.74, 6) is 0. The summed E-state index contributed by atoms with van der Waals surface area (Å²) >= 11 is 0. The molecule has 0 fully saturated rings. The van der Waals surface area contributed by atoms with Gasteiger partial charge in [-0.2, -0.15) is 13.2 Å². The van der Waals surface area contributed by atoms with E-state index in [1.165, 1.54) is 90.9 Å². The van der Waals surface area contributed by atoms with E-state index in [1.807, 2.05) is 0 Å². The minimum Gasteiger partial charge on any atom is -0.741 e. The zero-order chi connectivity index (χ0) is 28.6. The molecule has 8 heteroatoms. The first-order valence-electron chi connectivity index (χ1n) is 13.6. The van der Waals surface area contributed by atoms with E-state index < -0.39 is 15.6 Å². The van der Waals surface area contributed by atoms with Crippen molar-refractivity contribution in [1.29, 1.82) is 0 Å². The van der Waals surface area contributed by atoms with E-state index in [9.17, 15) is 13.2 Å². The van der Waals surface area contributed by atoms with Gasteiger partial charge in [-0.05, 0) is 54.8 Å². The van der Waals surface area contributed by atoms with E-state index in [2.05, 4.69) is 91.9 Å². The van der Waals surface area contributed by atoms with Crippen LogP contribution in [-0.2, 0) is 27.4 Å². The number of benzene rings is 3. The molecule has 39 heavy (non-hydrogen) atoms. The normalized spacial score (nSPS) is 11.7. The highest BCUT2D eigenvalue weighted by molar-refractivity contribution is 7.97. The molecule has 214 valence electrons. The average Bonchev–Trinajstić information content (AvgIpc) is 2.91. The van der Waals surface area contributed by atoms with Crippen molar-refractivity contribution >= 4 is 21.0 Å². The summed E-state index contributed by atoms with van der Waals surface area (Å²) in [4.78, 5) is 4.18. The van der Waals surface area contributed by atoms with Crippen LogP contribution >= 0.6 is 0 Å². The number of hydrogen-bond acceptors (Lipinski definition) is 3. The molecule has 0 atom stereocenters. The molecule has 3 rings (SSSR count). The SMILES string of the molecule is CCCCCCCCCCCCc1ccc([S+](c2ccccc2)c2ccccc2)cc1.O=S(=O)([O-])C(F)(F)F. The molecule has 0 spiro atoms. The fourth-order valence-electron chi connectivity index (χ4n) is 4.13. The van der Waals surface area contributed by atoms with Gasteiger partial charge in [-0.3, -0.25) is 0 Å². The quantitative estimate of drug-likeness (QED) is 0.0826. The van der Waals surface area contributed by atoms with Crippen LogP contribution in [0, 0.1) is 0 Å². The maximum Gasteiger partial charge on any atom is 0.485 e. The Morgan fingerprint density at radius 2 is 0.974 bits per heavy atom. The highest BCUT2D eigenvalue weighted by Gasteiger charge is 2.37. The standard InChI is InChI=1S/C30H39S.CHF3O3S/c1-2-3-4-5-6-7-8-9-10-13-18-27-23-25-30(26-24-27)31(28-19-14-11-15-20-28)29-21-16-12-17-22-29;2-1(3,4)8(5,6)7/h11-12,14-17,19-26H,2-10,13,18H2,1H3;(H,5,6,7)/q+1;/p-1. The van der Waals surface area contributed by atoms with Crippen LogP contribution in [0.3, 0.4) is 0 Å². The lowest BCUT2D eigenvalue weighted by Gasteiger charge is -2.09. The highest BCUT2D eigenvalue weighted by atomic mass is 32.2. The fraction of sp³-hybridized carbons (Fsp3) is 0.419. The second-order valence-electron chi connectivity index (χ2n) is 9.41. The third-order valence-electron chi connectivity index (χ3n) is 6.22. The van der Waals surface area contributed by atoms with Crippen molar-refractivity contribution in [3.63, 3.8) is 0 Å². The first-order chi connectivity index (χ1) is 18.6.